The standard InChI is InChI=1S/C80H133NO8/c1-3-5-7-9-11-13-15-17-19-21-23-25-27-29-31-33-34-35-36-37-38-39-40-42-44-46-48-50-52-54-56-58-60-62-64-66-68-70-76(84)81-73(72-88-80-79(87)78(86)77(85)75(71-82)89-80)74(83)69-67-65-63-61-59-57-55-53-51-49-47-45-43-41-32-30-28-26-24-22-20-18-16-14-12-10-8-6-4-2/h5,7,11,13,17,19,23,25,29,31,34-35,37-38,40,42,46,48,52,54,58-61,67,69,73-75,77-80,82-83,85-87H,3-4,6,8-10,12,14-16,18,20-22,24,26-28,30,32-33,36,39,41,43-45,47,49-51,53,55-57,62-66,68,70-72H2,1-2H3,(H,81,84)/b7-5-,13-11-,19-17-,25-23-,31-29-,35-34-,38-37-,42-40-,48-46-,54-52-,60-58-,61-59+,69-67+. The molecule has 0 saturated carbocycles. The lowest BCUT2D eigenvalue weighted by atomic mass is 9.99. The van der Waals surface area contributed by atoms with Crippen LogP contribution in [0, 0.1) is 0 Å². The van der Waals surface area contributed by atoms with Gasteiger partial charge in [0.2, 0.25) is 5.91 Å². The van der Waals surface area contributed by atoms with E-state index >= 15 is 0 Å². The van der Waals surface area contributed by atoms with Crippen LogP contribution in [-0.2, 0) is 14.3 Å². The molecule has 0 aromatic rings. The highest BCUT2D eigenvalue weighted by atomic mass is 16.7. The molecule has 0 aromatic carbocycles. The number of rotatable bonds is 61. The first kappa shape index (κ1) is 82.8. The summed E-state index contributed by atoms with van der Waals surface area (Å²) in [6.07, 6.45) is 97.8. The molecule has 7 atom stereocenters. The van der Waals surface area contributed by atoms with Gasteiger partial charge >= 0.3 is 0 Å². The molecule has 1 heterocycles. The van der Waals surface area contributed by atoms with Crippen LogP contribution in [0.25, 0.3) is 0 Å². The number of aliphatic hydroxyl groups excluding tert-OH is 5. The highest BCUT2D eigenvalue weighted by Gasteiger charge is 2.44. The third-order valence-corrected chi connectivity index (χ3v) is 16.1. The highest BCUT2D eigenvalue weighted by molar-refractivity contribution is 5.76. The van der Waals surface area contributed by atoms with Gasteiger partial charge in [0.25, 0.3) is 0 Å². The van der Waals surface area contributed by atoms with Crippen LogP contribution in [0.1, 0.15) is 284 Å². The molecule has 9 nitrogen and oxygen atoms in total. The monoisotopic (exact) mass is 1240 g/mol. The number of aliphatic hydroxyl groups is 5. The Balaban J connectivity index is 2.22. The van der Waals surface area contributed by atoms with Gasteiger partial charge in [0.15, 0.2) is 6.29 Å². The molecule has 89 heavy (non-hydrogen) atoms. The molecule has 1 aliphatic heterocycles. The molecule has 7 unspecified atom stereocenters. The van der Waals surface area contributed by atoms with Crippen molar-refractivity contribution in [1.82, 2.24) is 5.32 Å². The third-order valence-electron chi connectivity index (χ3n) is 16.1. The van der Waals surface area contributed by atoms with Gasteiger partial charge in [-0.1, -0.05) is 320 Å². The summed E-state index contributed by atoms with van der Waals surface area (Å²) in [6.45, 7) is 3.65. The van der Waals surface area contributed by atoms with Crippen molar-refractivity contribution in [3.8, 4) is 0 Å². The van der Waals surface area contributed by atoms with Gasteiger partial charge < -0.3 is 40.3 Å². The second-order valence-electron chi connectivity index (χ2n) is 24.3. The summed E-state index contributed by atoms with van der Waals surface area (Å²) in [6, 6.07) is -0.854. The van der Waals surface area contributed by atoms with Crippen LogP contribution in [-0.4, -0.2) is 87.5 Å². The molecule has 1 amide bonds. The quantitative estimate of drug-likeness (QED) is 0.0261. The Labute approximate surface area is 546 Å². The van der Waals surface area contributed by atoms with Gasteiger partial charge in [-0.05, 0) is 116 Å². The van der Waals surface area contributed by atoms with E-state index in [4.69, 9.17) is 9.47 Å². The Morgan fingerprint density at radius 2 is 0.708 bits per heavy atom. The molecule has 0 spiro atoms. The van der Waals surface area contributed by atoms with Crippen LogP contribution < -0.4 is 5.32 Å². The van der Waals surface area contributed by atoms with E-state index < -0.39 is 49.5 Å². The van der Waals surface area contributed by atoms with Gasteiger partial charge in [0.05, 0.1) is 25.4 Å². The Morgan fingerprint density at radius 1 is 0.393 bits per heavy atom. The lowest BCUT2D eigenvalue weighted by molar-refractivity contribution is -0.302. The molecule has 6 N–H and O–H groups in total. The molecule has 0 aromatic heterocycles. The van der Waals surface area contributed by atoms with E-state index in [0.29, 0.717) is 6.42 Å². The first-order valence-electron chi connectivity index (χ1n) is 36.2. The number of ether oxygens (including phenoxy) is 2. The van der Waals surface area contributed by atoms with Crippen LogP contribution in [0.3, 0.4) is 0 Å². The van der Waals surface area contributed by atoms with Crippen molar-refractivity contribution < 1.29 is 39.8 Å². The topological polar surface area (TPSA) is 149 Å². The first-order valence-corrected chi connectivity index (χ1v) is 36.2. The number of carbonyl (C=O) groups is 1. The highest BCUT2D eigenvalue weighted by Crippen LogP contribution is 2.23. The fourth-order valence-electron chi connectivity index (χ4n) is 10.5. The molecule has 0 aliphatic carbocycles. The second kappa shape index (κ2) is 66.7. The van der Waals surface area contributed by atoms with Crippen LogP contribution in [0.5, 0.6) is 0 Å². The van der Waals surface area contributed by atoms with Crippen molar-refractivity contribution in [3.05, 3.63) is 158 Å². The Kier molecular flexibility index (Phi) is 62.1. The second-order valence-corrected chi connectivity index (χ2v) is 24.3. The van der Waals surface area contributed by atoms with Crippen LogP contribution in [0.15, 0.2) is 158 Å². The van der Waals surface area contributed by atoms with E-state index in [-0.39, 0.29) is 18.9 Å². The maximum absolute atomic E-state index is 13.1. The summed E-state index contributed by atoms with van der Waals surface area (Å²) >= 11 is 0. The number of hydrogen-bond acceptors (Lipinski definition) is 8. The van der Waals surface area contributed by atoms with E-state index in [1.807, 2.05) is 6.08 Å². The normalized spacial score (nSPS) is 18.8. The van der Waals surface area contributed by atoms with Crippen molar-refractivity contribution in [2.75, 3.05) is 13.2 Å². The summed E-state index contributed by atoms with van der Waals surface area (Å²) in [5.74, 6) is -0.223. The van der Waals surface area contributed by atoms with E-state index in [2.05, 4.69) is 165 Å². The van der Waals surface area contributed by atoms with E-state index in [1.54, 1.807) is 6.08 Å². The van der Waals surface area contributed by atoms with Crippen molar-refractivity contribution in [2.24, 2.45) is 0 Å². The third kappa shape index (κ3) is 55.2. The van der Waals surface area contributed by atoms with Gasteiger partial charge in [-0.2, -0.15) is 0 Å². The predicted molar refractivity (Wildman–Crippen MR) is 382 cm³/mol. The zero-order valence-electron chi connectivity index (χ0n) is 56.6. The maximum atomic E-state index is 13.1. The smallest absolute Gasteiger partial charge is 0.220 e. The van der Waals surface area contributed by atoms with Crippen LogP contribution in [0.2, 0.25) is 0 Å². The number of nitrogens with one attached hydrogen (secondary N) is 1. The number of allylic oxidation sites excluding steroid dienone is 25. The van der Waals surface area contributed by atoms with E-state index in [1.165, 1.54) is 148 Å². The maximum Gasteiger partial charge on any atom is 0.220 e. The van der Waals surface area contributed by atoms with Gasteiger partial charge in [0, 0.05) is 6.42 Å². The summed E-state index contributed by atoms with van der Waals surface area (Å²) in [7, 11) is 0. The molecule has 1 aliphatic rings. The largest absolute Gasteiger partial charge is 0.394 e. The number of carbonyl (C=O) groups excluding carboxylic acids is 1. The number of amides is 1. The summed E-state index contributed by atoms with van der Waals surface area (Å²) in [4.78, 5) is 13.1. The van der Waals surface area contributed by atoms with Gasteiger partial charge in [0.1, 0.15) is 24.4 Å². The van der Waals surface area contributed by atoms with Crippen molar-refractivity contribution in [1.29, 1.82) is 0 Å². The SMILES string of the molecule is CC/C=C\C/C=C\C/C=C\C/C=C\C/C=C\C/C=C\C/C=C\C/C=C\C/C=C\C/C=C\C/C=C\CCCCCC(=O)NC(COC1OC(CO)C(O)C(O)C1O)C(O)/C=C/CC/C=C/CCCCCCCCCCCCCCCCCCCCCCCCC. The zero-order chi connectivity index (χ0) is 64.2. The summed E-state index contributed by atoms with van der Waals surface area (Å²) in [5.41, 5.74) is 0. The molecular weight excluding hydrogens is 1100 g/mol. The Hall–Kier alpha value is -4.19. The number of unbranched alkanes of at least 4 members (excludes halogenated alkanes) is 27. The molecule has 9 heteroatoms. The molecule has 1 rings (SSSR count). The lowest BCUT2D eigenvalue weighted by Gasteiger charge is -2.40. The van der Waals surface area contributed by atoms with Gasteiger partial charge in [-0.15, -0.1) is 0 Å². The fraction of sp³-hybridized carbons (Fsp3) is 0.662. The molecule has 0 radical (unpaired) electrons. The molecule has 506 valence electrons. The van der Waals surface area contributed by atoms with Crippen molar-refractivity contribution in [3.63, 3.8) is 0 Å². The first-order chi connectivity index (χ1) is 43.8. The molecule has 0 bridgehead atoms. The van der Waals surface area contributed by atoms with E-state index in [9.17, 15) is 30.3 Å². The Morgan fingerprint density at radius 3 is 1.08 bits per heavy atom. The Bertz CT molecular complexity index is 1970. The minimum atomic E-state index is -1.59. The average molecular weight is 1240 g/mol. The van der Waals surface area contributed by atoms with Crippen molar-refractivity contribution >= 4 is 5.91 Å². The predicted octanol–water partition coefficient (Wildman–Crippen LogP) is 20.3. The molecule has 1 fully saturated rings. The molecule has 1 saturated heterocycles. The number of hydrogen-bond donors (Lipinski definition) is 6. The summed E-state index contributed by atoms with van der Waals surface area (Å²) in [5, 5.41) is 54.7. The minimum Gasteiger partial charge on any atom is -0.394 e. The van der Waals surface area contributed by atoms with Gasteiger partial charge in [-0.3, -0.25) is 4.79 Å². The minimum absolute atomic E-state index is 0.223. The fourth-order valence-corrected chi connectivity index (χ4v) is 10.5. The van der Waals surface area contributed by atoms with Crippen LogP contribution in [0.4, 0.5) is 0 Å². The van der Waals surface area contributed by atoms with Gasteiger partial charge in [-0.25, -0.2) is 0 Å². The lowest BCUT2D eigenvalue weighted by Crippen LogP contribution is -2.60. The summed E-state index contributed by atoms with van der Waals surface area (Å²) < 4.78 is 11.3. The van der Waals surface area contributed by atoms with E-state index in [0.717, 1.165) is 109 Å². The zero-order valence-corrected chi connectivity index (χ0v) is 56.6. The average Bonchev–Trinajstić information content (AvgIpc) is 2.28. The van der Waals surface area contributed by atoms with Crippen LogP contribution >= 0.6 is 0 Å². The molecular formula is C80H133NO8. The van der Waals surface area contributed by atoms with Crippen molar-refractivity contribution in [2.45, 2.75) is 326 Å².